The highest BCUT2D eigenvalue weighted by atomic mass is 19.1. The minimum atomic E-state index is -0.161. The first-order valence-corrected chi connectivity index (χ1v) is 9.28. The number of aryl methyl sites for hydroxylation is 1. The molecule has 2 atom stereocenters. The van der Waals surface area contributed by atoms with Crippen molar-refractivity contribution in [1.29, 1.82) is 0 Å². The Kier molecular flexibility index (Phi) is 4.17. The van der Waals surface area contributed by atoms with E-state index in [1.54, 1.807) is 12.1 Å². The van der Waals surface area contributed by atoms with Gasteiger partial charge in [0.25, 0.3) is 0 Å². The van der Waals surface area contributed by atoms with Crippen LogP contribution in [0.5, 0.6) is 0 Å². The van der Waals surface area contributed by atoms with E-state index in [-0.39, 0.29) is 11.4 Å². The van der Waals surface area contributed by atoms with Gasteiger partial charge in [-0.3, -0.25) is 4.90 Å². The van der Waals surface area contributed by atoms with E-state index in [2.05, 4.69) is 49.0 Å². The van der Waals surface area contributed by atoms with Gasteiger partial charge in [0.1, 0.15) is 5.82 Å². The molecule has 0 amide bonds. The molecule has 0 spiro atoms. The summed E-state index contributed by atoms with van der Waals surface area (Å²) in [5, 5.41) is 0. The fourth-order valence-electron chi connectivity index (χ4n) is 4.86. The van der Waals surface area contributed by atoms with Gasteiger partial charge in [-0.2, -0.15) is 0 Å². The van der Waals surface area contributed by atoms with Crippen molar-refractivity contribution < 1.29 is 4.39 Å². The van der Waals surface area contributed by atoms with Crippen LogP contribution in [0.4, 0.5) is 4.39 Å². The number of hydrogen-bond acceptors (Lipinski definition) is 2. The molecule has 3 heteroatoms. The average molecular weight is 338 g/mol. The lowest BCUT2D eigenvalue weighted by atomic mass is 9.69. The van der Waals surface area contributed by atoms with Crippen molar-refractivity contribution in [2.75, 3.05) is 27.2 Å². The molecule has 2 aliphatic heterocycles. The van der Waals surface area contributed by atoms with Gasteiger partial charge in [-0.1, -0.05) is 35.9 Å². The SMILES string of the molecule is Cc1ccc2c(c1)CCN1CCC(N(C)C)CC21c1ccc(F)cc1. The molecule has 2 aromatic carbocycles. The summed E-state index contributed by atoms with van der Waals surface area (Å²) in [4.78, 5) is 4.99. The van der Waals surface area contributed by atoms with Gasteiger partial charge in [0.2, 0.25) is 0 Å². The van der Waals surface area contributed by atoms with Crippen LogP contribution in [0.1, 0.15) is 35.1 Å². The summed E-state index contributed by atoms with van der Waals surface area (Å²) in [6.07, 6.45) is 3.35. The second-order valence-electron chi connectivity index (χ2n) is 7.88. The minimum Gasteiger partial charge on any atom is -0.306 e. The molecule has 2 unspecified atom stereocenters. The summed E-state index contributed by atoms with van der Waals surface area (Å²) >= 11 is 0. The average Bonchev–Trinajstić information content (AvgIpc) is 2.61. The van der Waals surface area contributed by atoms with Crippen LogP contribution in [-0.2, 0) is 12.0 Å². The number of hydrogen-bond donors (Lipinski definition) is 0. The summed E-state index contributed by atoms with van der Waals surface area (Å²) in [6.45, 7) is 4.34. The van der Waals surface area contributed by atoms with E-state index < -0.39 is 0 Å². The topological polar surface area (TPSA) is 6.48 Å². The zero-order chi connectivity index (χ0) is 17.6. The Hall–Kier alpha value is -1.71. The van der Waals surface area contributed by atoms with E-state index in [4.69, 9.17) is 0 Å². The summed E-state index contributed by atoms with van der Waals surface area (Å²) in [5.74, 6) is -0.161. The highest BCUT2D eigenvalue weighted by Crippen LogP contribution is 2.48. The number of halogens is 1. The number of nitrogens with zero attached hydrogens (tertiary/aromatic N) is 2. The molecule has 0 N–H and O–H groups in total. The van der Waals surface area contributed by atoms with Gasteiger partial charge in [-0.25, -0.2) is 4.39 Å². The Morgan fingerprint density at radius 1 is 1.08 bits per heavy atom. The third kappa shape index (κ3) is 2.70. The maximum absolute atomic E-state index is 13.6. The van der Waals surface area contributed by atoms with E-state index in [9.17, 15) is 4.39 Å². The summed E-state index contributed by atoms with van der Waals surface area (Å²) < 4.78 is 13.6. The van der Waals surface area contributed by atoms with Gasteiger partial charge in [0, 0.05) is 19.1 Å². The molecule has 1 saturated heterocycles. The lowest BCUT2D eigenvalue weighted by Gasteiger charge is -2.54. The highest BCUT2D eigenvalue weighted by Gasteiger charge is 2.48. The molecular weight excluding hydrogens is 311 g/mol. The maximum atomic E-state index is 13.6. The van der Waals surface area contributed by atoms with Gasteiger partial charge in [-0.05, 0) is 69.1 Å². The predicted octanol–water partition coefficient (Wildman–Crippen LogP) is 3.96. The van der Waals surface area contributed by atoms with Crippen molar-refractivity contribution >= 4 is 0 Å². The van der Waals surface area contributed by atoms with Crippen LogP contribution in [0.25, 0.3) is 0 Å². The van der Waals surface area contributed by atoms with Crippen LogP contribution >= 0.6 is 0 Å². The van der Waals surface area contributed by atoms with Crippen molar-refractivity contribution in [3.63, 3.8) is 0 Å². The zero-order valence-electron chi connectivity index (χ0n) is 15.4. The predicted molar refractivity (Wildman–Crippen MR) is 100 cm³/mol. The van der Waals surface area contributed by atoms with E-state index in [1.807, 2.05) is 12.1 Å². The smallest absolute Gasteiger partial charge is 0.123 e. The lowest BCUT2D eigenvalue weighted by molar-refractivity contribution is 0.0245. The van der Waals surface area contributed by atoms with Crippen LogP contribution in [0, 0.1) is 12.7 Å². The van der Waals surface area contributed by atoms with Crippen molar-refractivity contribution in [3.05, 3.63) is 70.5 Å². The Morgan fingerprint density at radius 3 is 2.56 bits per heavy atom. The number of benzene rings is 2. The molecule has 25 heavy (non-hydrogen) atoms. The van der Waals surface area contributed by atoms with Crippen molar-refractivity contribution in [1.82, 2.24) is 9.80 Å². The fourth-order valence-corrected chi connectivity index (χ4v) is 4.86. The molecule has 2 heterocycles. The maximum Gasteiger partial charge on any atom is 0.123 e. The van der Waals surface area contributed by atoms with Crippen molar-refractivity contribution in [2.24, 2.45) is 0 Å². The van der Waals surface area contributed by atoms with Crippen LogP contribution in [0.2, 0.25) is 0 Å². The second-order valence-corrected chi connectivity index (χ2v) is 7.88. The highest BCUT2D eigenvalue weighted by molar-refractivity contribution is 5.47. The zero-order valence-corrected chi connectivity index (χ0v) is 15.4. The van der Waals surface area contributed by atoms with E-state index in [1.165, 1.54) is 28.7 Å². The van der Waals surface area contributed by atoms with Gasteiger partial charge in [0.05, 0.1) is 5.54 Å². The van der Waals surface area contributed by atoms with Crippen LogP contribution < -0.4 is 0 Å². The fraction of sp³-hybridized carbons (Fsp3) is 0.455. The molecular formula is C22H27FN2. The third-order valence-corrected chi connectivity index (χ3v) is 6.21. The molecule has 2 aromatic rings. The Morgan fingerprint density at radius 2 is 1.84 bits per heavy atom. The molecule has 0 bridgehead atoms. The summed E-state index contributed by atoms with van der Waals surface area (Å²) in [6, 6.07) is 14.6. The number of fused-ring (bicyclic) bond motifs is 3. The van der Waals surface area contributed by atoms with Gasteiger partial charge in [-0.15, -0.1) is 0 Å². The van der Waals surface area contributed by atoms with Crippen molar-refractivity contribution in [2.45, 2.75) is 37.8 Å². The molecule has 0 saturated carbocycles. The first-order valence-electron chi connectivity index (χ1n) is 9.28. The second kappa shape index (κ2) is 6.22. The largest absolute Gasteiger partial charge is 0.306 e. The van der Waals surface area contributed by atoms with Crippen molar-refractivity contribution in [3.8, 4) is 0 Å². The molecule has 1 fully saturated rings. The summed E-state index contributed by atoms with van der Waals surface area (Å²) in [5.41, 5.74) is 5.29. The third-order valence-electron chi connectivity index (χ3n) is 6.21. The molecule has 2 nitrogen and oxygen atoms in total. The van der Waals surface area contributed by atoms with Crippen LogP contribution in [-0.4, -0.2) is 43.0 Å². The van der Waals surface area contributed by atoms with Gasteiger partial charge < -0.3 is 4.90 Å². The molecule has 132 valence electrons. The Labute approximate surface area is 150 Å². The molecule has 0 aliphatic carbocycles. The molecule has 0 aromatic heterocycles. The van der Waals surface area contributed by atoms with E-state index in [0.717, 1.165) is 25.9 Å². The van der Waals surface area contributed by atoms with Crippen LogP contribution in [0.3, 0.4) is 0 Å². The minimum absolute atomic E-state index is 0.137. The standard InChI is InChI=1S/C22H27FN2/c1-16-4-9-21-17(14-16)10-12-25-13-11-20(24(2)3)15-22(21,25)18-5-7-19(23)8-6-18/h4-9,14,20H,10-13,15H2,1-3H3. The van der Waals surface area contributed by atoms with E-state index >= 15 is 0 Å². The number of rotatable bonds is 2. The number of piperidine rings is 1. The Bertz CT molecular complexity index is 768. The normalized spacial score (nSPS) is 26.4. The van der Waals surface area contributed by atoms with Gasteiger partial charge in [0.15, 0.2) is 0 Å². The summed E-state index contributed by atoms with van der Waals surface area (Å²) in [7, 11) is 4.36. The Balaban J connectivity index is 1.92. The molecule has 2 aliphatic rings. The molecule has 0 radical (unpaired) electrons. The van der Waals surface area contributed by atoms with E-state index in [0.29, 0.717) is 6.04 Å². The van der Waals surface area contributed by atoms with Crippen LogP contribution in [0.15, 0.2) is 42.5 Å². The molecule has 4 rings (SSSR count). The first-order chi connectivity index (χ1) is 12.0. The monoisotopic (exact) mass is 338 g/mol. The van der Waals surface area contributed by atoms with Gasteiger partial charge >= 0.3 is 0 Å². The quantitative estimate of drug-likeness (QED) is 0.818. The lowest BCUT2D eigenvalue weighted by Crippen LogP contribution is -2.58. The first kappa shape index (κ1) is 16.7.